The van der Waals surface area contributed by atoms with Gasteiger partial charge in [0, 0.05) is 19.5 Å². The van der Waals surface area contributed by atoms with E-state index < -0.39 is 5.82 Å². The number of amides is 2. The molecular formula is C21H29FN2O3. The number of rotatable bonds is 7. The van der Waals surface area contributed by atoms with Crippen LogP contribution in [0, 0.1) is 17.7 Å². The SMILES string of the molecule is O=C(NCCOc1ccccc1F)C1CCC(=O)N(CC2CCCCC2)C1. The van der Waals surface area contributed by atoms with Gasteiger partial charge >= 0.3 is 0 Å². The number of piperidine rings is 1. The van der Waals surface area contributed by atoms with Crippen LogP contribution in [0.2, 0.25) is 0 Å². The van der Waals surface area contributed by atoms with Crippen molar-refractivity contribution >= 4 is 11.8 Å². The predicted molar refractivity (Wildman–Crippen MR) is 101 cm³/mol. The van der Waals surface area contributed by atoms with Gasteiger partial charge < -0.3 is 15.0 Å². The monoisotopic (exact) mass is 376 g/mol. The minimum Gasteiger partial charge on any atom is -0.489 e. The standard InChI is InChI=1S/C21H29FN2O3/c22-18-8-4-5-9-19(18)27-13-12-23-21(26)17-10-11-20(25)24(15-17)14-16-6-2-1-3-7-16/h4-5,8-9,16-17H,1-3,6-7,10-15H2,(H,23,26). The summed E-state index contributed by atoms with van der Waals surface area (Å²) in [6.07, 6.45) is 7.21. The van der Waals surface area contributed by atoms with Crippen molar-refractivity contribution in [2.75, 3.05) is 26.2 Å². The van der Waals surface area contributed by atoms with Crippen molar-refractivity contribution in [3.05, 3.63) is 30.1 Å². The molecule has 1 atom stereocenters. The summed E-state index contributed by atoms with van der Waals surface area (Å²) in [5, 5.41) is 2.86. The minimum absolute atomic E-state index is 0.0479. The fraction of sp³-hybridized carbons (Fsp3) is 0.619. The Morgan fingerprint density at radius 1 is 1.19 bits per heavy atom. The zero-order valence-electron chi connectivity index (χ0n) is 15.8. The van der Waals surface area contributed by atoms with Gasteiger partial charge in [-0.05, 0) is 37.3 Å². The van der Waals surface area contributed by atoms with E-state index >= 15 is 0 Å². The Hall–Kier alpha value is -2.11. The van der Waals surface area contributed by atoms with Gasteiger partial charge in [-0.1, -0.05) is 31.4 Å². The molecule has 1 saturated carbocycles. The molecule has 0 spiro atoms. The van der Waals surface area contributed by atoms with Gasteiger partial charge in [0.2, 0.25) is 11.8 Å². The van der Waals surface area contributed by atoms with E-state index in [1.807, 2.05) is 4.90 Å². The molecule has 5 nitrogen and oxygen atoms in total. The molecule has 1 aliphatic heterocycles. The number of nitrogens with one attached hydrogen (secondary N) is 1. The first-order chi connectivity index (χ1) is 13.1. The number of ether oxygens (including phenoxy) is 1. The van der Waals surface area contributed by atoms with E-state index in [1.165, 1.54) is 38.2 Å². The molecule has 0 aromatic heterocycles. The molecule has 2 fully saturated rings. The number of para-hydroxylation sites is 1. The zero-order chi connectivity index (χ0) is 19.1. The molecule has 1 unspecified atom stereocenters. The molecule has 1 N–H and O–H groups in total. The highest BCUT2D eigenvalue weighted by atomic mass is 19.1. The van der Waals surface area contributed by atoms with E-state index in [0.29, 0.717) is 31.8 Å². The Kier molecular flexibility index (Phi) is 7.07. The van der Waals surface area contributed by atoms with Crippen molar-refractivity contribution < 1.29 is 18.7 Å². The Labute approximate surface area is 160 Å². The lowest BCUT2D eigenvalue weighted by Gasteiger charge is -2.35. The topological polar surface area (TPSA) is 58.6 Å². The van der Waals surface area contributed by atoms with Crippen molar-refractivity contribution in [3.8, 4) is 5.75 Å². The van der Waals surface area contributed by atoms with Crippen LogP contribution in [-0.2, 0) is 9.59 Å². The summed E-state index contributed by atoms with van der Waals surface area (Å²) in [5.41, 5.74) is 0. The van der Waals surface area contributed by atoms with Crippen molar-refractivity contribution in [2.45, 2.75) is 44.9 Å². The lowest BCUT2D eigenvalue weighted by atomic mass is 9.87. The van der Waals surface area contributed by atoms with Gasteiger partial charge in [-0.25, -0.2) is 4.39 Å². The van der Waals surface area contributed by atoms with Gasteiger partial charge in [-0.2, -0.15) is 0 Å². The van der Waals surface area contributed by atoms with E-state index in [0.717, 1.165) is 6.54 Å². The van der Waals surface area contributed by atoms with E-state index in [2.05, 4.69) is 5.32 Å². The molecule has 1 aromatic rings. The van der Waals surface area contributed by atoms with Gasteiger partial charge in [0.25, 0.3) is 0 Å². The predicted octanol–water partition coefficient (Wildman–Crippen LogP) is 3.14. The maximum atomic E-state index is 13.5. The highest BCUT2D eigenvalue weighted by Crippen LogP contribution is 2.27. The molecule has 1 aliphatic carbocycles. The van der Waals surface area contributed by atoms with E-state index in [-0.39, 0.29) is 30.1 Å². The first kappa shape index (κ1) is 19.6. The Balaban J connectivity index is 1.41. The number of carbonyl (C=O) groups is 2. The van der Waals surface area contributed by atoms with E-state index in [9.17, 15) is 14.0 Å². The molecule has 1 aromatic carbocycles. The minimum atomic E-state index is -0.409. The Morgan fingerprint density at radius 3 is 2.74 bits per heavy atom. The van der Waals surface area contributed by atoms with Crippen LogP contribution in [0.15, 0.2) is 24.3 Å². The molecule has 1 saturated heterocycles. The first-order valence-corrected chi connectivity index (χ1v) is 10.1. The summed E-state index contributed by atoms with van der Waals surface area (Å²) in [6, 6.07) is 6.21. The number of hydrogen-bond acceptors (Lipinski definition) is 3. The molecule has 148 valence electrons. The lowest BCUT2D eigenvalue weighted by molar-refractivity contribution is -0.139. The van der Waals surface area contributed by atoms with Crippen LogP contribution < -0.4 is 10.1 Å². The molecule has 3 rings (SSSR count). The number of hydrogen-bond donors (Lipinski definition) is 1. The third-order valence-electron chi connectivity index (χ3n) is 5.57. The molecule has 27 heavy (non-hydrogen) atoms. The summed E-state index contributed by atoms with van der Waals surface area (Å²) in [5.74, 6) is 0.320. The second-order valence-electron chi connectivity index (χ2n) is 7.61. The number of benzene rings is 1. The number of likely N-dealkylation sites (tertiary alicyclic amines) is 1. The maximum absolute atomic E-state index is 13.5. The van der Waals surface area contributed by atoms with Crippen LogP contribution in [0.4, 0.5) is 4.39 Å². The van der Waals surface area contributed by atoms with Gasteiger partial charge in [0.05, 0.1) is 12.5 Å². The van der Waals surface area contributed by atoms with Gasteiger partial charge in [-0.3, -0.25) is 9.59 Å². The van der Waals surface area contributed by atoms with Gasteiger partial charge in [-0.15, -0.1) is 0 Å². The van der Waals surface area contributed by atoms with Crippen molar-refractivity contribution in [2.24, 2.45) is 11.8 Å². The molecule has 0 radical (unpaired) electrons. The Morgan fingerprint density at radius 2 is 1.96 bits per heavy atom. The second-order valence-corrected chi connectivity index (χ2v) is 7.61. The highest BCUT2D eigenvalue weighted by Gasteiger charge is 2.31. The molecule has 2 amide bonds. The fourth-order valence-corrected chi connectivity index (χ4v) is 4.03. The van der Waals surface area contributed by atoms with Crippen LogP contribution in [-0.4, -0.2) is 43.0 Å². The molecular weight excluding hydrogens is 347 g/mol. The zero-order valence-corrected chi connectivity index (χ0v) is 15.8. The van der Waals surface area contributed by atoms with Gasteiger partial charge in [0.15, 0.2) is 11.6 Å². The van der Waals surface area contributed by atoms with Crippen LogP contribution in [0.3, 0.4) is 0 Å². The molecule has 2 aliphatic rings. The average molecular weight is 376 g/mol. The van der Waals surface area contributed by atoms with Crippen molar-refractivity contribution in [1.29, 1.82) is 0 Å². The third kappa shape index (κ3) is 5.68. The number of nitrogens with zero attached hydrogens (tertiary/aromatic N) is 1. The first-order valence-electron chi connectivity index (χ1n) is 10.1. The highest BCUT2D eigenvalue weighted by molar-refractivity contribution is 5.83. The van der Waals surface area contributed by atoms with Crippen molar-refractivity contribution in [3.63, 3.8) is 0 Å². The average Bonchev–Trinajstić information content (AvgIpc) is 2.69. The second kappa shape index (κ2) is 9.72. The summed E-state index contributed by atoms with van der Waals surface area (Å²) in [6.45, 7) is 1.83. The van der Waals surface area contributed by atoms with Crippen LogP contribution >= 0.6 is 0 Å². The smallest absolute Gasteiger partial charge is 0.225 e. The lowest BCUT2D eigenvalue weighted by Crippen LogP contribution is -2.47. The quantitative estimate of drug-likeness (QED) is 0.744. The molecule has 1 heterocycles. The maximum Gasteiger partial charge on any atom is 0.225 e. The summed E-state index contributed by atoms with van der Waals surface area (Å²) < 4.78 is 18.8. The summed E-state index contributed by atoms with van der Waals surface area (Å²) >= 11 is 0. The normalized spacial score (nSPS) is 21.1. The summed E-state index contributed by atoms with van der Waals surface area (Å²) in [4.78, 5) is 26.6. The van der Waals surface area contributed by atoms with E-state index in [1.54, 1.807) is 18.2 Å². The third-order valence-corrected chi connectivity index (χ3v) is 5.57. The number of carbonyl (C=O) groups excluding carboxylic acids is 2. The van der Waals surface area contributed by atoms with E-state index in [4.69, 9.17) is 4.74 Å². The van der Waals surface area contributed by atoms with Crippen LogP contribution in [0.5, 0.6) is 5.75 Å². The largest absolute Gasteiger partial charge is 0.489 e. The molecule has 6 heteroatoms. The van der Waals surface area contributed by atoms with Crippen LogP contribution in [0.1, 0.15) is 44.9 Å². The molecule has 0 bridgehead atoms. The van der Waals surface area contributed by atoms with Gasteiger partial charge in [0.1, 0.15) is 6.61 Å². The number of halogens is 1. The van der Waals surface area contributed by atoms with Crippen LogP contribution in [0.25, 0.3) is 0 Å². The van der Waals surface area contributed by atoms with Crippen molar-refractivity contribution in [1.82, 2.24) is 10.2 Å². The fourth-order valence-electron chi connectivity index (χ4n) is 4.03. The Bertz CT molecular complexity index is 646. The summed E-state index contributed by atoms with van der Waals surface area (Å²) in [7, 11) is 0.